The summed E-state index contributed by atoms with van der Waals surface area (Å²) in [6.07, 6.45) is 3.10. The monoisotopic (exact) mass is 346 g/mol. The molecule has 2 aromatic heterocycles. The van der Waals surface area contributed by atoms with Crippen LogP contribution in [-0.4, -0.2) is 31.3 Å². The van der Waals surface area contributed by atoms with E-state index < -0.39 is 11.4 Å². The quantitative estimate of drug-likeness (QED) is 0.917. The average Bonchev–Trinajstić information content (AvgIpc) is 3.11. The molecule has 2 heterocycles. The predicted octanol–water partition coefficient (Wildman–Crippen LogP) is 3.35. The smallest absolute Gasteiger partial charge is 0.311 e. The van der Waals surface area contributed by atoms with Crippen molar-refractivity contribution in [2.24, 2.45) is 5.41 Å². The standard InChI is InChI=1S/C12H12Cl2N4O2S/c13-8-5-7(9(14)21-8)10-15-16-17-18(10)6-12(11(19)20)3-1-2-4-12/h5H,1-4,6H2,(H,19,20). The molecule has 9 heteroatoms. The number of carboxylic acids is 1. The number of carboxylic acid groups (broad SMARTS) is 1. The Hall–Kier alpha value is -1.18. The van der Waals surface area contributed by atoms with Gasteiger partial charge in [0.1, 0.15) is 4.34 Å². The van der Waals surface area contributed by atoms with E-state index in [4.69, 9.17) is 23.2 Å². The minimum atomic E-state index is -0.795. The maximum Gasteiger partial charge on any atom is 0.311 e. The maximum atomic E-state index is 11.6. The molecule has 1 aliphatic rings. The largest absolute Gasteiger partial charge is 0.481 e. The molecule has 1 saturated carbocycles. The molecule has 112 valence electrons. The van der Waals surface area contributed by atoms with Gasteiger partial charge in [0, 0.05) is 0 Å². The molecule has 0 atom stereocenters. The predicted molar refractivity (Wildman–Crippen MR) is 79.7 cm³/mol. The maximum absolute atomic E-state index is 11.6. The molecule has 0 aliphatic heterocycles. The van der Waals surface area contributed by atoms with Gasteiger partial charge in [0.05, 0.1) is 21.9 Å². The first kappa shape index (κ1) is 14.7. The van der Waals surface area contributed by atoms with Crippen LogP contribution in [0.1, 0.15) is 25.7 Å². The molecule has 1 N–H and O–H groups in total. The van der Waals surface area contributed by atoms with Crippen LogP contribution in [0.4, 0.5) is 0 Å². The zero-order chi connectivity index (χ0) is 15.0. The van der Waals surface area contributed by atoms with Crippen molar-refractivity contribution in [1.82, 2.24) is 20.2 Å². The fourth-order valence-electron chi connectivity index (χ4n) is 2.77. The highest BCUT2D eigenvalue weighted by Gasteiger charge is 2.42. The van der Waals surface area contributed by atoms with E-state index >= 15 is 0 Å². The zero-order valence-corrected chi connectivity index (χ0v) is 13.2. The Kier molecular flexibility index (Phi) is 3.90. The van der Waals surface area contributed by atoms with E-state index in [1.165, 1.54) is 16.0 Å². The lowest BCUT2D eigenvalue weighted by molar-refractivity contribution is -0.149. The highest BCUT2D eigenvalue weighted by Crippen LogP contribution is 2.42. The van der Waals surface area contributed by atoms with Gasteiger partial charge in [-0.1, -0.05) is 36.0 Å². The van der Waals surface area contributed by atoms with Gasteiger partial charge in [-0.25, -0.2) is 4.68 Å². The summed E-state index contributed by atoms with van der Waals surface area (Å²) >= 11 is 13.3. The van der Waals surface area contributed by atoms with Crippen LogP contribution in [0.25, 0.3) is 11.4 Å². The zero-order valence-electron chi connectivity index (χ0n) is 10.9. The minimum Gasteiger partial charge on any atom is -0.481 e. The SMILES string of the molecule is O=C(O)C1(Cn2nnnc2-c2cc(Cl)sc2Cl)CCCC1. The number of hydrogen-bond acceptors (Lipinski definition) is 5. The summed E-state index contributed by atoms with van der Waals surface area (Å²) in [5.74, 6) is -0.341. The third-order valence-electron chi connectivity index (χ3n) is 3.90. The van der Waals surface area contributed by atoms with Crippen molar-refractivity contribution in [2.75, 3.05) is 0 Å². The Balaban J connectivity index is 1.96. The minimum absolute atomic E-state index is 0.245. The molecule has 3 rings (SSSR count). The van der Waals surface area contributed by atoms with Gasteiger partial charge in [0.2, 0.25) is 0 Å². The van der Waals surface area contributed by atoms with Gasteiger partial charge in [0.25, 0.3) is 0 Å². The Morgan fingerprint density at radius 1 is 1.43 bits per heavy atom. The summed E-state index contributed by atoms with van der Waals surface area (Å²) in [6.45, 7) is 0.245. The van der Waals surface area contributed by atoms with Gasteiger partial charge < -0.3 is 5.11 Å². The second kappa shape index (κ2) is 5.55. The van der Waals surface area contributed by atoms with Crippen molar-refractivity contribution in [3.8, 4) is 11.4 Å². The van der Waals surface area contributed by atoms with Gasteiger partial charge >= 0.3 is 5.97 Å². The normalized spacial score (nSPS) is 17.2. The molecule has 6 nitrogen and oxygen atoms in total. The number of aromatic nitrogens is 4. The molecule has 0 spiro atoms. The Morgan fingerprint density at radius 2 is 2.14 bits per heavy atom. The Labute approximate surface area is 134 Å². The van der Waals surface area contributed by atoms with Gasteiger partial charge in [-0.05, 0) is 29.3 Å². The van der Waals surface area contributed by atoms with Crippen molar-refractivity contribution in [2.45, 2.75) is 32.2 Å². The van der Waals surface area contributed by atoms with Crippen LogP contribution in [0.3, 0.4) is 0 Å². The molecule has 0 aromatic carbocycles. The molecule has 2 aromatic rings. The number of nitrogens with zero attached hydrogens (tertiary/aromatic N) is 4. The first-order chi connectivity index (χ1) is 10.0. The van der Waals surface area contributed by atoms with Crippen LogP contribution in [0.2, 0.25) is 8.67 Å². The number of tetrazole rings is 1. The average molecular weight is 347 g/mol. The third kappa shape index (κ3) is 2.65. The second-order valence-corrected chi connectivity index (χ2v) is 7.48. The number of hydrogen-bond donors (Lipinski definition) is 1. The fourth-order valence-corrected chi connectivity index (χ4v) is 4.23. The molecule has 0 bridgehead atoms. The Bertz CT molecular complexity index is 679. The van der Waals surface area contributed by atoms with Crippen molar-refractivity contribution in [1.29, 1.82) is 0 Å². The summed E-state index contributed by atoms with van der Waals surface area (Å²) in [5.41, 5.74) is -0.161. The van der Waals surface area contributed by atoms with Gasteiger partial charge in [0.15, 0.2) is 5.82 Å². The van der Waals surface area contributed by atoms with Crippen LogP contribution >= 0.6 is 34.5 Å². The van der Waals surface area contributed by atoms with Gasteiger partial charge in [-0.2, -0.15) is 0 Å². The number of thiophene rings is 1. The molecular formula is C12H12Cl2N4O2S. The van der Waals surface area contributed by atoms with Crippen molar-refractivity contribution < 1.29 is 9.90 Å². The van der Waals surface area contributed by atoms with E-state index in [9.17, 15) is 9.90 Å². The number of rotatable bonds is 4. The van der Waals surface area contributed by atoms with E-state index in [1.807, 2.05) is 0 Å². The lowest BCUT2D eigenvalue weighted by Gasteiger charge is -2.23. The molecule has 0 amide bonds. The molecule has 0 radical (unpaired) electrons. The highest BCUT2D eigenvalue weighted by atomic mass is 35.5. The fraction of sp³-hybridized carbons (Fsp3) is 0.500. The lowest BCUT2D eigenvalue weighted by Crippen LogP contribution is -2.33. The molecular weight excluding hydrogens is 335 g/mol. The molecule has 1 aliphatic carbocycles. The molecule has 21 heavy (non-hydrogen) atoms. The summed E-state index contributed by atoms with van der Waals surface area (Å²) in [6, 6.07) is 1.69. The van der Waals surface area contributed by atoms with Crippen molar-refractivity contribution in [3.63, 3.8) is 0 Å². The van der Waals surface area contributed by atoms with E-state index in [0.29, 0.717) is 32.9 Å². The molecule has 1 fully saturated rings. The van der Waals surface area contributed by atoms with Crippen molar-refractivity contribution >= 4 is 40.5 Å². The lowest BCUT2D eigenvalue weighted by atomic mass is 9.86. The van der Waals surface area contributed by atoms with E-state index in [2.05, 4.69) is 15.5 Å². The molecule has 0 unspecified atom stereocenters. The number of aliphatic carboxylic acids is 1. The summed E-state index contributed by atoms with van der Waals surface area (Å²) in [4.78, 5) is 11.6. The van der Waals surface area contributed by atoms with Crippen LogP contribution < -0.4 is 0 Å². The van der Waals surface area contributed by atoms with E-state index in [1.54, 1.807) is 6.07 Å². The van der Waals surface area contributed by atoms with Crippen LogP contribution in [0, 0.1) is 5.41 Å². The van der Waals surface area contributed by atoms with E-state index in [-0.39, 0.29) is 6.54 Å². The first-order valence-corrected chi connectivity index (χ1v) is 8.04. The van der Waals surface area contributed by atoms with Gasteiger partial charge in [-0.15, -0.1) is 16.4 Å². The summed E-state index contributed by atoms with van der Waals surface area (Å²) in [7, 11) is 0. The third-order valence-corrected chi connectivity index (χ3v) is 5.38. The van der Waals surface area contributed by atoms with Crippen LogP contribution in [0.15, 0.2) is 6.07 Å². The van der Waals surface area contributed by atoms with E-state index in [0.717, 1.165) is 12.8 Å². The first-order valence-electron chi connectivity index (χ1n) is 6.47. The number of carbonyl (C=O) groups is 1. The summed E-state index contributed by atoms with van der Waals surface area (Å²) < 4.78 is 2.55. The highest BCUT2D eigenvalue weighted by molar-refractivity contribution is 7.20. The topological polar surface area (TPSA) is 80.9 Å². The second-order valence-electron chi connectivity index (χ2n) is 5.19. The van der Waals surface area contributed by atoms with Gasteiger partial charge in [-0.3, -0.25) is 4.79 Å². The van der Waals surface area contributed by atoms with Crippen molar-refractivity contribution in [3.05, 3.63) is 14.7 Å². The Morgan fingerprint density at radius 3 is 2.71 bits per heavy atom. The molecule has 0 saturated heterocycles. The van der Waals surface area contributed by atoms with Crippen LogP contribution in [-0.2, 0) is 11.3 Å². The summed E-state index contributed by atoms with van der Waals surface area (Å²) in [5, 5.41) is 21.1. The van der Waals surface area contributed by atoms with Crippen LogP contribution in [0.5, 0.6) is 0 Å². The number of halogens is 2.